The van der Waals surface area contributed by atoms with Crippen molar-refractivity contribution in [1.29, 1.82) is 0 Å². The number of likely N-dealkylation sites (N-methyl/N-ethyl adjacent to an activating group) is 1. The highest BCUT2D eigenvalue weighted by Gasteiger charge is 2.20. The normalized spacial score (nSPS) is 19.6. The van der Waals surface area contributed by atoms with Crippen LogP contribution in [-0.2, 0) is 0 Å². The first-order chi connectivity index (χ1) is 9.65. The smallest absolute Gasteiger partial charge is 0.134 e. The van der Waals surface area contributed by atoms with Crippen molar-refractivity contribution in [3.8, 4) is 0 Å². The van der Waals surface area contributed by atoms with Crippen molar-refractivity contribution in [2.24, 2.45) is 0 Å². The van der Waals surface area contributed by atoms with Gasteiger partial charge in [-0.15, -0.1) is 0 Å². The average Bonchev–Trinajstić information content (AvgIpc) is 2.79. The number of piperazine rings is 1. The van der Waals surface area contributed by atoms with Gasteiger partial charge in [-0.05, 0) is 27.0 Å². The maximum Gasteiger partial charge on any atom is 0.134 e. The van der Waals surface area contributed by atoms with Crippen molar-refractivity contribution in [2.75, 3.05) is 33.2 Å². The minimum Gasteiger partial charge on any atom is -0.459 e. The number of benzene rings is 1. The lowest BCUT2D eigenvalue weighted by atomic mass is 10.1. The Morgan fingerprint density at radius 2 is 1.85 bits per heavy atom. The standard InChI is InChI=1S/C16H23N3O/c1-12-14-6-4-5-7-15(14)20-16(12)13(2)17-19-10-8-18(3)9-11-19/h4-7,13,17H,8-11H2,1-3H3. The summed E-state index contributed by atoms with van der Waals surface area (Å²) in [5.74, 6) is 1.05. The van der Waals surface area contributed by atoms with Crippen LogP contribution >= 0.6 is 0 Å². The van der Waals surface area contributed by atoms with E-state index in [4.69, 9.17) is 4.42 Å². The van der Waals surface area contributed by atoms with Crippen molar-refractivity contribution in [3.05, 3.63) is 35.6 Å². The van der Waals surface area contributed by atoms with Gasteiger partial charge in [-0.1, -0.05) is 18.2 Å². The van der Waals surface area contributed by atoms with E-state index in [1.165, 1.54) is 10.9 Å². The molecule has 1 atom stereocenters. The Morgan fingerprint density at radius 1 is 1.15 bits per heavy atom. The molecule has 1 aromatic heterocycles. The van der Waals surface area contributed by atoms with E-state index in [2.05, 4.69) is 48.4 Å². The van der Waals surface area contributed by atoms with Crippen LogP contribution in [0.25, 0.3) is 11.0 Å². The first kappa shape index (κ1) is 13.6. The summed E-state index contributed by atoms with van der Waals surface area (Å²) in [7, 11) is 2.17. The second kappa shape index (κ2) is 5.56. The van der Waals surface area contributed by atoms with Crippen molar-refractivity contribution in [3.63, 3.8) is 0 Å². The molecule has 0 bridgehead atoms. The van der Waals surface area contributed by atoms with Gasteiger partial charge in [0.2, 0.25) is 0 Å². The van der Waals surface area contributed by atoms with Crippen molar-refractivity contribution in [2.45, 2.75) is 19.9 Å². The van der Waals surface area contributed by atoms with Gasteiger partial charge in [0, 0.05) is 37.1 Å². The number of hydrogen-bond acceptors (Lipinski definition) is 4. The highest BCUT2D eigenvalue weighted by molar-refractivity contribution is 5.82. The zero-order valence-corrected chi connectivity index (χ0v) is 12.5. The molecule has 0 saturated carbocycles. The number of hydrogen-bond donors (Lipinski definition) is 1. The van der Waals surface area contributed by atoms with Gasteiger partial charge < -0.3 is 9.32 Å². The summed E-state index contributed by atoms with van der Waals surface area (Å²) in [6, 6.07) is 8.45. The SMILES string of the molecule is Cc1c(C(C)NN2CCN(C)CC2)oc2ccccc12. The van der Waals surface area contributed by atoms with E-state index in [9.17, 15) is 0 Å². The van der Waals surface area contributed by atoms with Gasteiger partial charge in [0.15, 0.2) is 0 Å². The van der Waals surface area contributed by atoms with Crippen LogP contribution in [0, 0.1) is 6.92 Å². The lowest BCUT2D eigenvalue weighted by molar-refractivity contribution is 0.0859. The number of nitrogens with zero attached hydrogens (tertiary/aromatic N) is 2. The van der Waals surface area contributed by atoms with Gasteiger partial charge in [0.1, 0.15) is 11.3 Å². The predicted molar refractivity (Wildman–Crippen MR) is 81.6 cm³/mol. The highest BCUT2D eigenvalue weighted by Crippen LogP contribution is 2.29. The molecular weight excluding hydrogens is 250 g/mol. The molecule has 1 saturated heterocycles. The van der Waals surface area contributed by atoms with Crippen LogP contribution in [0.15, 0.2) is 28.7 Å². The second-order valence-electron chi connectivity index (χ2n) is 5.73. The molecule has 2 aromatic rings. The Morgan fingerprint density at radius 3 is 2.55 bits per heavy atom. The number of aryl methyl sites for hydroxylation is 1. The zero-order valence-electron chi connectivity index (χ0n) is 12.5. The predicted octanol–water partition coefficient (Wildman–Crippen LogP) is 2.55. The quantitative estimate of drug-likeness (QED) is 0.931. The van der Waals surface area contributed by atoms with Crippen LogP contribution in [0.5, 0.6) is 0 Å². The summed E-state index contributed by atoms with van der Waals surface area (Å²) >= 11 is 0. The molecule has 1 fully saturated rings. The Balaban J connectivity index is 1.75. The molecule has 1 aliphatic rings. The fourth-order valence-corrected chi connectivity index (χ4v) is 2.87. The fourth-order valence-electron chi connectivity index (χ4n) is 2.87. The molecule has 0 spiro atoms. The number of furan rings is 1. The lowest BCUT2D eigenvalue weighted by Crippen LogP contribution is -2.51. The van der Waals surface area contributed by atoms with E-state index >= 15 is 0 Å². The first-order valence-electron chi connectivity index (χ1n) is 7.33. The summed E-state index contributed by atoms with van der Waals surface area (Å²) in [5.41, 5.74) is 5.79. The van der Waals surface area contributed by atoms with Crippen LogP contribution in [0.4, 0.5) is 0 Å². The van der Waals surface area contributed by atoms with Gasteiger partial charge >= 0.3 is 0 Å². The third-order valence-corrected chi connectivity index (χ3v) is 4.15. The van der Waals surface area contributed by atoms with E-state index in [0.717, 1.165) is 37.5 Å². The van der Waals surface area contributed by atoms with Crippen molar-refractivity contribution >= 4 is 11.0 Å². The van der Waals surface area contributed by atoms with Gasteiger partial charge in [0.05, 0.1) is 6.04 Å². The summed E-state index contributed by atoms with van der Waals surface area (Å²) < 4.78 is 6.02. The molecule has 1 aliphatic heterocycles. The van der Waals surface area contributed by atoms with Crippen LogP contribution in [0.3, 0.4) is 0 Å². The molecule has 4 nitrogen and oxygen atoms in total. The van der Waals surface area contributed by atoms with Crippen molar-refractivity contribution < 1.29 is 4.42 Å². The summed E-state index contributed by atoms with van der Waals surface area (Å²) in [5, 5.41) is 3.52. The third kappa shape index (κ3) is 2.59. The van der Waals surface area contributed by atoms with E-state index in [1.807, 2.05) is 12.1 Å². The molecule has 0 aliphatic carbocycles. The molecule has 108 valence electrons. The number of fused-ring (bicyclic) bond motifs is 1. The first-order valence-corrected chi connectivity index (χ1v) is 7.33. The summed E-state index contributed by atoms with van der Waals surface area (Å²) in [6.45, 7) is 8.64. The van der Waals surface area contributed by atoms with Crippen LogP contribution in [0.2, 0.25) is 0 Å². The lowest BCUT2D eigenvalue weighted by Gasteiger charge is -2.34. The fraction of sp³-hybridized carbons (Fsp3) is 0.500. The van der Waals surface area contributed by atoms with Crippen LogP contribution in [-0.4, -0.2) is 43.1 Å². The number of para-hydroxylation sites is 1. The average molecular weight is 273 g/mol. The molecule has 3 rings (SSSR count). The van der Waals surface area contributed by atoms with Gasteiger partial charge in [-0.25, -0.2) is 10.4 Å². The highest BCUT2D eigenvalue weighted by atomic mass is 16.3. The van der Waals surface area contributed by atoms with Crippen molar-refractivity contribution in [1.82, 2.24) is 15.3 Å². The molecule has 1 N–H and O–H groups in total. The van der Waals surface area contributed by atoms with Gasteiger partial charge in [-0.2, -0.15) is 0 Å². The maximum absolute atomic E-state index is 6.02. The molecule has 20 heavy (non-hydrogen) atoms. The Labute approximate surface area is 120 Å². The van der Waals surface area contributed by atoms with E-state index in [-0.39, 0.29) is 6.04 Å². The van der Waals surface area contributed by atoms with E-state index in [0.29, 0.717) is 0 Å². The summed E-state index contributed by atoms with van der Waals surface area (Å²) in [4.78, 5) is 2.36. The minimum absolute atomic E-state index is 0.200. The van der Waals surface area contributed by atoms with Crippen LogP contribution < -0.4 is 5.43 Å². The molecule has 4 heteroatoms. The second-order valence-corrected chi connectivity index (χ2v) is 5.73. The Hall–Kier alpha value is -1.36. The molecule has 0 amide bonds. The number of rotatable bonds is 3. The number of hydrazine groups is 1. The molecule has 1 unspecified atom stereocenters. The van der Waals surface area contributed by atoms with Gasteiger partial charge in [0.25, 0.3) is 0 Å². The largest absolute Gasteiger partial charge is 0.459 e. The van der Waals surface area contributed by atoms with E-state index < -0.39 is 0 Å². The molecule has 0 radical (unpaired) electrons. The number of nitrogens with one attached hydrogen (secondary N) is 1. The van der Waals surface area contributed by atoms with E-state index in [1.54, 1.807) is 0 Å². The molecule has 1 aromatic carbocycles. The zero-order chi connectivity index (χ0) is 14.1. The Kier molecular flexibility index (Phi) is 3.78. The Bertz CT molecular complexity index is 584. The van der Waals surface area contributed by atoms with Gasteiger partial charge in [-0.3, -0.25) is 0 Å². The van der Waals surface area contributed by atoms with Crippen LogP contribution in [0.1, 0.15) is 24.3 Å². The third-order valence-electron chi connectivity index (χ3n) is 4.15. The summed E-state index contributed by atoms with van der Waals surface area (Å²) in [6.07, 6.45) is 0. The monoisotopic (exact) mass is 273 g/mol. The topological polar surface area (TPSA) is 31.6 Å². The molecule has 2 heterocycles. The molecular formula is C16H23N3O. The maximum atomic E-state index is 6.02. The minimum atomic E-state index is 0.200.